The molecule has 0 bridgehead atoms. The maximum absolute atomic E-state index is 5.96. The molecule has 3 heteroatoms. The Kier molecular flexibility index (Phi) is 6.32. The highest BCUT2D eigenvalue weighted by Gasteiger charge is 2.14. The SMILES string of the molecule is C1CCCC(OCCNC2CCOCC2)CC1. The van der Waals surface area contributed by atoms with Crippen molar-refractivity contribution in [2.75, 3.05) is 26.4 Å². The molecule has 1 saturated heterocycles. The van der Waals surface area contributed by atoms with Crippen LogP contribution in [0.25, 0.3) is 0 Å². The van der Waals surface area contributed by atoms with Gasteiger partial charge in [0.2, 0.25) is 0 Å². The van der Waals surface area contributed by atoms with Gasteiger partial charge in [-0.3, -0.25) is 0 Å². The lowest BCUT2D eigenvalue weighted by atomic mass is 10.1. The van der Waals surface area contributed by atoms with Crippen LogP contribution in [0.2, 0.25) is 0 Å². The van der Waals surface area contributed by atoms with Crippen LogP contribution in [-0.4, -0.2) is 38.5 Å². The van der Waals surface area contributed by atoms with Crippen LogP contribution >= 0.6 is 0 Å². The maximum atomic E-state index is 5.96. The fraction of sp³-hybridized carbons (Fsp3) is 1.00. The smallest absolute Gasteiger partial charge is 0.0594 e. The van der Waals surface area contributed by atoms with Gasteiger partial charge in [-0.15, -0.1) is 0 Å². The molecule has 100 valence electrons. The van der Waals surface area contributed by atoms with Gasteiger partial charge in [0.15, 0.2) is 0 Å². The van der Waals surface area contributed by atoms with Gasteiger partial charge in [0.25, 0.3) is 0 Å². The lowest BCUT2D eigenvalue weighted by molar-refractivity contribution is 0.0383. The van der Waals surface area contributed by atoms with Crippen molar-refractivity contribution in [2.45, 2.75) is 63.5 Å². The molecule has 0 amide bonds. The van der Waals surface area contributed by atoms with E-state index in [9.17, 15) is 0 Å². The van der Waals surface area contributed by atoms with Gasteiger partial charge in [0.1, 0.15) is 0 Å². The third-order valence-electron chi connectivity index (χ3n) is 3.91. The second kappa shape index (κ2) is 8.06. The Hall–Kier alpha value is -0.120. The highest BCUT2D eigenvalue weighted by atomic mass is 16.5. The Morgan fingerprint density at radius 2 is 1.65 bits per heavy atom. The first-order chi connectivity index (χ1) is 8.45. The summed E-state index contributed by atoms with van der Waals surface area (Å²) in [4.78, 5) is 0. The molecule has 0 unspecified atom stereocenters. The van der Waals surface area contributed by atoms with Crippen molar-refractivity contribution >= 4 is 0 Å². The molecule has 2 aliphatic rings. The molecule has 0 spiro atoms. The molecule has 1 aliphatic carbocycles. The van der Waals surface area contributed by atoms with Crippen LogP contribution in [0, 0.1) is 0 Å². The normalized spacial score (nSPS) is 24.7. The van der Waals surface area contributed by atoms with Crippen LogP contribution < -0.4 is 5.32 Å². The minimum absolute atomic E-state index is 0.536. The lowest BCUT2D eigenvalue weighted by Gasteiger charge is -2.23. The lowest BCUT2D eigenvalue weighted by Crippen LogP contribution is -2.37. The molecular weight excluding hydrogens is 214 g/mol. The third kappa shape index (κ3) is 5.36. The third-order valence-corrected chi connectivity index (χ3v) is 3.91. The first-order valence-electron chi connectivity index (χ1n) is 7.38. The summed E-state index contributed by atoms with van der Waals surface area (Å²) in [5, 5.41) is 3.57. The Morgan fingerprint density at radius 3 is 2.35 bits per heavy atom. The Morgan fingerprint density at radius 1 is 0.941 bits per heavy atom. The van der Waals surface area contributed by atoms with E-state index in [2.05, 4.69) is 5.32 Å². The molecule has 0 aromatic rings. The van der Waals surface area contributed by atoms with Gasteiger partial charge in [-0.25, -0.2) is 0 Å². The van der Waals surface area contributed by atoms with E-state index >= 15 is 0 Å². The zero-order chi connectivity index (χ0) is 11.8. The van der Waals surface area contributed by atoms with E-state index < -0.39 is 0 Å². The van der Waals surface area contributed by atoms with Gasteiger partial charge in [0, 0.05) is 25.8 Å². The van der Waals surface area contributed by atoms with Crippen LogP contribution in [0.15, 0.2) is 0 Å². The van der Waals surface area contributed by atoms with Crippen molar-refractivity contribution in [1.29, 1.82) is 0 Å². The molecule has 1 saturated carbocycles. The number of rotatable bonds is 5. The summed E-state index contributed by atoms with van der Waals surface area (Å²) in [6, 6.07) is 0.654. The largest absolute Gasteiger partial charge is 0.381 e. The van der Waals surface area contributed by atoms with E-state index in [-0.39, 0.29) is 0 Å². The van der Waals surface area contributed by atoms with Crippen molar-refractivity contribution < 1.29 is 9.47 Å². The summed E-state index contributed by atoms with van der Waals surface area (Å²) in [5.74, 6) is 0. The van der Waals surface area contributed by atoms with Crippen molar-refractivity contribution in [3.63, 3.8) is 0 Å². The van der Waals surface area contributed by atoms with E-state index in [1.165, 1.54) is 38.5 Å². The summed E-state index contributed by atoms with van der Waals surface area (Å²) < 4.78 is 11.3. The van der Waals surface area contributed by atoms with Gasteiger partial charge in [-0.1, -0.05) is 25.7 Å². The van der Waals surface area contributed by atoms with E-state index in [1.807, 2.05) is 0 Å². The molecular formula is C14H27NO2. The topological polar surface area (TPSA) is 30.5 Å². The Labute approximate surface area is 105 Å². The zero-order valence-electron chi connectivity index (χ0n) is 11.0. The van der Waals surface area contributed by atoms with E-state index in [0.717, 1.165) is 39.2 Å². The van der Waals surface area contributed by atoms with Gasteiger partial charge in [-0.05, 0) is 25.7 Å². The molecule has 0 atom stereocenters. The van der Waals surface area contributed by atoms with Gasteiger partial charge >= 0.3 is 0 Å². The number of hydrogen-bond acceptors (Lipinski definition) is 3. The number of nitrogens with one attached hydrogen (secondary N) is 1. The predicted octanol–water partition coefficient (Wildman–Crippen LogP) is 2.49. The summed E-state index contributed by atoms with van der Waals surface area (Å²) in [6.07, 6.45) is 10.9. The molecule has 17 heavy (non-hydrogen) atoms. The second-order valence-corrected chi connectivity index (χ2v) is 5.33. The Balaban J connectivity index is 1.49. The van der Waals surface area contributed by atoms with E-state index in [1.54, 1.807) is 0 Å². The molecule has 1 heterocycles. The molecule has 1 N–H and O–H groups in total. The molecule has 0 aromatic heterocycles. The van der Waals surface area contributed by atoms with Crippen molar-refractivity contribution in [3.8, 4) is 0 Å². The molecule has 2 rings (SSSR count). The van der Waals surface area contributed by atoms with E-state index in [4.69, 9.17) is 9.47 Å². The monoisotopic (exact) mass is 241 g/mol. The van der Waals surface area contributed by atoms with Crippen molar-refractivity contribution in [3.05, 3.63) is 0 Å². The molecule has 0 radical (unpaired) electrons. The average molecular weight is 241 g/mol. The highest BCUT2D eigenvalue weighted by Crippen LogP contribution is 2.19. The summed E-state index contributed by atoms with van der Waals surface area (Å²) in [6.45, 7) is 3.71. The number of ether oxygens (including phenoxy) is 2. The van der Waals surface area contributed by atoms with E-state index in [0.29, 0.717) is 12.1 Å². The average Bonchev–Trinajstić information content (AvgIpc) is 2.65. The zero-order valence-corrected chi connectivity index (χ0v) is 11.0. The van der Waals surface area contributed by atoms with Crippen LogP contribution in [-0.2, 0) is 9.47 Å². The summed E-state index contributed by atoms with van der Waals surface area (Å²) in [7, 11) is 0. The van der Waals surface area contributed by atoms with Crippen LogP contribution in [0.3, 0.4) is 0 Å². The molecule has 0 aromatic carbocycles. The maximum Gasteiger partial charge on any atom is 0.0594 e. The van der Waals surface area contributed by atoms with Crippen molar-refractivity contribution in [2.24, 2.45) is 0 Å². The first-order valence-corrected chi connectivity index (χ1v) is 7.38. The molecule has 3 nitrogen and oxygen atoms in total. The predicted molar refractivity (Wildman–Crippen MR) is 69.3 cm³/mol. The first kappa shape index (κ1) is 13.3. The fourth-order valence-electron chi connectivity index (χ4n) is 2.80. The van der Waals surface area contributed by atoms with Crippen LogP contribution in [0.4, 0.5) is 0 Å². The standard InChI is InChI=1S/C14H27NO2/c1-2-4-6-14(5-3-1)17-12-9-15-13-7-10-16-11-8-13/h13-15H,1-12H2. The minimum atomic E-state index is 0.536. The molecule has 2 fully saturated rings. The van der Waals surface area contributed by atoms with Crippen molar-refractivity contribution in [1.82, 2.24) is 5.32 Å². The number of hydrogen-bond donors (Lipinski definition) is 1. The fourth-order valence-corrected chi connectivity index (χ4v) is 2.80. The summed E-state index contributed by atoms with van der Waals surface area (Å²) in [5.41, 5.74) is 0. The van der Waals surface area contributed by atoms with Crippen LogP contribution in [0.1, 0.15) is 51.4 Å². The van der Waals surface area contributed by atoms with Gasteiger partial charge in [-0.2, -0.15) is 0 Å². The molecule has 1 aliphatic heterocycles. The summed E-state index contributed by atoms with van der Waals surface area (Å²) >= 11 is 0. The van der Waals surface area contributed by atoms with Crippen LogP contribution in [0.5, 0.6) is 0 Å². The van der Waals surface area contributed by atoms with Gasteiger partial charge in [0.05, 0.1) is 12.7 Å². The van der Waals surface area contributed by atoms with Gasteiger partial charge < -0.3 is 14.8 Å². The second-order valence-electron chi connectivity index (χ2n) is 5.33. The quantitative estimate of drug-likeness (QED) is 0.592. The minimum Gasteiger partial charge on any atom is -0.381 e. The highest BCUT2D eigenvalue weighted by molar-refractivity contribution is 4.70. The Bertz CT molecular complexity index is 185.